The van der Waals surface area contributed by atoms with Gasteiger partial charge in [-0.25, -0.2) is 4.79 Å². The van der Waals surface area contributed by atoms with Crippen molar-refractivity contribution in [3.05, 3.63) is 0 Å². The number of nitrogens with zero attached hydrogens (tertiary/aromatic N) is 1. The lowest BCUT2D eigenvalue weighted by molar-refractivity contribution is 0.120. The molecule has 1 saturated heterocycles. The Morgan fingerprint density at radius 3 is 2.69 bits per heavy atom. The normalized spacial score (nSPS) is 28.8. The van der Waals surface area contributed by atoms with Crippen LogP contribution in [-0.4, -0.2) is 31.1 Å². The Hall–Kier alpha value is -0.730. The number of hydrogen-bond acceptors (Lipinski definition) is 1. The van der Waals surface area contributed by atoms with Crippen LogP contribution in [0.1, 0.15) is 33.1 Å². The van der Waals surface area contributed by atoms with Gasteiger partial charge >= 0.3 is 6.03 Å². The fourth-order valence-electron chi connectivity index (χ4n) is 2.14. The Labute approximate surface area is 80.5 Å². The topological polar surface area (TPSA) is 32.3 Å². The van der Waals surface area contributed by atoms with Crippen molar-refractivity contribution in [2.24, 2.45) is 5.41 Å². The van der Waals surface area contributed by atoms with E-state index in [1.165, 1.54) is 12.8 Å². The number of carbonyl (C=O) groups is 1. The van der Waals surface area contributed by atoms with E-state index in [4.69, 9.17) is 0 Å². The molecule has 1 unspecified atom stereocenters. The van der Waals surface area contributed by atoms with Gasteiger partial charge in [0.15, 0.2) is 0 Å². The Balaban J connectivity index is 2.62. The molecule has 1 fully saturated rings. The van der Waals surface area contributed by atoms with E-state index in [9.17, 15) is 4.79 Å². The first-order chi connectivity index (χ1) is 6.13. The smallest absolute Gasteiger partial charge is 0.317 e. The van der Waals surface area contributed by atoms with E-state index in [0.717, 1.165) is 19.5 Å². The van der Waals surface area contributed by atoms with Crippen molar-refractivity contribution in [2.75, 3.05) is 20.1 Å². The highest BCUT2D eigenvalue weighted by Crippen LogP contribution is 2.30. The summed E-state index contributed by atoms with van der Waals surface area (Å²) in [5, 5.41) is 2.95. The summed E-state index contributed by atoms with van der Waals surface area (Å²) in [5.74, 6) is 0. The Morgan fingerprint density at radius 1 is 1.54 bits per heavy atom. The van der Waals surface area contributed by atoms with Crippen LogP contribution in [0.3, 0.4) is 0 Å². The minimum atomic E-state index is 0.0696. The Kier molecular flexibility index (Phi) is 3.17. The van der Waals surface area contributed by atoms with Crippen molar-refractivity contribution in [2.45, 2.75) is 33.1 Å². The second-order valence-electron chi connectivity index (χ2n) is 4.12. The number of urea groups is 1. The number of nitrogens with one attached hydrogen (secondary N) is 1. The summed E-state index contributed by atoms with van der Waals surface area (Å²) >= 11 is 0. The van der Waals surface area contributed by atoms with Crippen LogP contribution in [0.2, 0.25) is 0 Å². The van der Waals surface area contributed by atoms with Crippen LogP contribution < -0.4 is 5.32 Å². The molecule has 0 aromatic heterocycles. The summed E-state index contributed by atoms with van der Waals surface area (Å²) in [6, 6.07) is 0.0696. The van der Waals surface area contributed by atoms with Crippen LogP contribution in [0.5, 0.6) is 0 Å². The second-order valence-corrected chi connectivity index (χ2v) is 4.12. The standard InChI is InChI=1S/C10H20N2O/c1-4-6-10(5-2)7-11-9(13)12(3)8-10/h4-8H2,1-3H3,(H,11,13). The van der Waals surface area contributed by atoms with Gasteiger partial charge in [0.05, 0.1) is 0 Å². The first-order valence-electron chi connectivity index (χ1n) is 5.12. The van der Waals surface area contributed by atoms with Crippen LogP contribution in [0, 0.1) is 5.41 Å². The molecule has 0 aromatic rings. The maximum Gasteiger partial charge on any atom is 0.317 e. The average molecular weight is 184 g/mol. The molecule has 0 spiro atoms. The van der Waals surface area contributed by atoms with Gasteiger partial charge < -0.3 is 10.2 Å². The Morgan fingerprint density at radius 2 is 2.23 bits per heavy atom. The van der Waals surface area contributed by atoms with Gasteiger partial charge in [0.2, 0.25) is 0 Å². The van der Waals surface area contributed by atoms with Crippen molar-refractivity contribution in [1.29, 1.82) is 0 Å². The molecule has 1 rings (SSSR count). The minimum Gasteiger partial charge on any atom is -0.337 e. The molecular formula is C10H20N2O. The number of carbonyl (C=O) groups excluding carboxylic acids is 1. The summed E-state index contributed by atoms with van der Waals surface area (Å²) < 4.78 is 0. The van der Waals surface area contributed by atoms with E-state index in [-0.39, 0.29) is 6.03 Å². The fraction of sp³-hybridized carbons (Fsp3) is 0.900. The number of amides is 2. The molecule has 1 aliphatic rings. The highest BCUT2D eigenvalue weighted by molar-refractivity contribution is 5.74. The number of hydrogen-bond donors (Lipinski definition) is 1. The molecule has 0 bridgehead atoms. The second kappa shape index (κ2) is 3.99. The molecule has 13 heavy (non-hydrogen) atoms. The molecule has 0 aromatic carbocycles. The third-order valence-electron chi connectivity index (χ3n) is 3.06. The van der Waals surface area contributed by atoms with Gasteiger partial charge in [-0.15, -0.1) is 0 Å². The number of rotatable bonds is 3. The molecular weight excluding hydrogens is 164 g/mol. The third kappa shape index (κ3) is 2.14. The van der Waals surface area contributed by atoms with Crippen molar-refractivity contribution in [3.63, 3.8) is 0 Å². The molecule has 0 saturated carbocycles. The van der Waals surface area contributed by atoms with E-state index in [1.54, 1.807) is 4.90 Å². The summed E-state index contributed by atoms with van der Waals surface area (Å²) in [7, 11) is 1.87. The van der Waals surface area contributed by atoms with Gasteiger partial charge in [0.1, 0.15) is 0 Å². The zero-order valence-corrected chi connectivity index (χ0v) is 8.89. The van der Waals surface area contributed by atoms with Crippen LogP contribution in [0.15, 0.2) is 0 Å². The van der Waals surface area contributed by atoms with Gasteiger partial charge in [0, 0.05) is 25.6 Å². The summed E-state index contributed by atoms with van der Waals surface area (Å²) in [6.45, 7) is 6.17. The zero-order valence-electron chi connectivity index (χ0n) is 8.89. The molecule has 0 radical (unpaired) electrons. The van der Waals surface area contributed by atoms with E-state index in [2.05, 4.69) is 19.2 Å². The van der Waals surface area contributed by atoms with Crippen LogP contribution in [0.25, 0.3) is 0 Å². The first-order valence-corrected chi connectivity index (χ1v) is 5.12. The molecule has 1 aliphatic heterocycles. The molecule has 1 atom stereocenters. The molecule has 3 nitrogen and oxygen atoms in total. The van der Waals surface area contributed by atoms with Crippen LogP contribution >= 0.6 is 0 Å². The predicted octanol–water partition coefficient (Wildman–Crippen LogP) is 1.84. The van der Waals surface area contributed by atoms with Crippen molar-refractivity contribution in [1.82, 2.24) is 10.2 Å². The van der Waals surface area contributed by atoms with Gasteiger partial charge in [-0.3, -0.25) is 0 Å². The highest BCUT2D eigenvalue weighted by atomic mass is 16.2. The predicted molar refractivity (Wildman–Crippen MR) is 53.7 cm³/mol. The van der Waals surface area contributed by atoms with E-state index >= 15 is 0 Å². The minimum absolute atomic E-state index is 0.0696. The summed E-state index contributed by atoms with van der Waals surface area (Å²) in [4.78, 5) is 13.0. The lowest BCUT2D eigenvalue weighted by Gasteiger charge is -2.41. The van der Waals surface area contributed by atoms with Crippen molar-refractivity contribution < 1.29 is 4.79 Å². The molecule has 2 amide bonds. The molecule has 76 valence electrons. The SMILES string of the molecule is CCCC1(CC)CNC(=O)N(C)C1. The van der Waals surface area contributed by atoms with Crippen LogP contribution in [-0.2, 0) is 0 Å². The first kappa shape index (κ1) is 10.4. The quantitative estimate of drug-likeness (QED) is 0.713. The van der Waals surface area contributed by atoms with E-state index < -0.39 is 0 Å². The van der Waals surface area contributed by atoms with E-state index in [1.807, 2.05) is 7.05 Å². The lowest BCUT2D eigenvalue weighted by atomic mass is 9.79. The van der Waals surface area contributed by atoms with E-state index in [0.29, 0.717) is 5.41 Å². The largest absolute Gasteiger partial charge is 0.337 e. The fourth-order valence-corrected chi connectivity index (χ4v) is 2.14. The maximum absolute atomic E-state index is 11.2. The van der Waals surface area contributed by atoms with Crippen molar-refractivity contribution in [3.8, 4) is 0 Å². The average Bonchev–Trinajstić information content (AvgIpc) is 2.12. The third-order valence-corrected chi connectivity index (χ3v) is 3.06. The van der Waals surface area contributed by atoms with Crippen molar-refractivity contribution >= 4 is 6.03 Å². The molecule has 1 N–H and O–H groups in total. The molecule has 3 heteroatoms. The maximum atomic E-state index is 11.2. The monoisotopic (exact) mass is 184 g/mol. The van der Waals surface area contributed by atoms with Gasteiger partial charge in [-0.1, -0.05) is 20.3 Å². The summed E-state index contributed by atoms with van der Waals surface area (Å²) in [6.07, 6.45) is 3.54. The molecule has 0 aliphatic carbocycles. The summed E-state index contributed by atoms with van der Waals surface area (Å²) in [5.41, 5.74) is 0.317. The van der Waals surface area contributed by atoms with Crippen LogP contribution in [0.4, 0.5) is 4.79 Å². The molecule has 1 heterocycles. The highest BCUT2D eigenvalue weighted by Gasteiger charge is 2.34. The van der Waals surface area contributed by atoms with Gasteiger partial charge in [0.25, 0.3) is 0 Å². The zero-order chi connectivity index (χ0) is 9.90. The lowest BCUT2D eigenvalue weighted by Crippen LogP contribution is -2.55. The Bertz CT molecular complexity index is 193. The van der Waals surface area contributed by atoms with Gasteiger partial charge in [-0.05, 0) is 12.8 Å². The van der Waals surface area contributed by atoms with Gasteiger partial charge in [-0.2, -0.15) is 0 Å².